The molecule has 2 aromatic carbocycles. The van der Waals surface area contributed by atoms with E-state index >= 15 is 0 Å². The Bertz CT molecular complexity index is 752. The fraction of sp³-hybridized carbons (Fsp3) is 0.150. The molecule has 0 radical (unpaired) electrons. The molecule has 2 nitrogen and oxygen atoms in total. The van der Waals surface area contributed by atoms with Crippen LogP contribution >= 0.6 is 23.4 Å². The lowest BCUT2D eigenvalue weighted by Gasteiger charge is -2.13. The number of benzene rings is 2. The zero-order valence-electron chi connectivity index (χ0n) is 13.3. The van der Waals surface area contributed by atoms with Gasteiger partial charge >= 0.3 is 0 Å². The SMILES string of the molecule is Clc1ccc(CSC(C=Cc2ccccc2)Cn2ccnc2)cc1. The minimum absolute atomic E-state index is 0.370. The predicted octanol–water partition coefficient (Wildman–Crippen LogP) is 5.55. The lowest BCUT2D eigenvalue weighted by atomic mass is 10.2. The van der Waals surface area contributed by atoms with Crippen molar-refractivity contribution in [1.82, 2.24) is 9.55 Å². The van der Waals surface area contributed by atoms with Crippen molar-refractivity contribution >= 4 is 29.4 Å². The van der Waals surface area contributed by atoms with E-state index in [4.69, 9.17) is 11.6 Å². The van der Waals surface area contributed by atoms with Crippen molar-refractivity contribution in [1.29, 1.82) is 0 Å². The zero-order valence-corrected chi connectivity index (χ0v) is 14.8. The lowest BCUT2D eigenvalue weighted by Crippen LogP contribution is -2.09. The van der Waals surface area contributed by atoms with Gasteiger partial charge in [-0.05, 0) is 23.3 Å². The Hall–Kier alpha value is -1.97. The number of hydrogen-bond acceptors (Lipinski definition) is 2. The van der Waals surface area contributed by atoms with E-state index in [-0.39, 0.29) is 0 Å². The highest BCUT2D eigenvalue weighted by Crippen LogP contribution is 2.22. The predicted molar refractivity (Wildman–Crippen MR) is 104 cm³/mol. The van der Waals surface area contributed by atoms with Crippen LogP contribution in [-0.4, -0.2) is 14.8 Å². The molecule has 0 aliphatic heterocycles. The van der Waals surface area contributed by atoms with Gasteiger partial charge in [0, 0.05) is 35.0 Å². The number of aromatic nitrogens is 2. The Kier molecular flexibility index (Phi) is 6.16. The van der Waals surface area contributed by atoms with E-state index in [0.29, 0.717) is 5.25 Å². The van der Waals surface area contributed by atoms with Crippen LogP contribution in [0.1, 0.15) is 11.1 Å². The number of imidazole rings is 1. The Labute approximate surface area is 152 Å². The van der Waals surface area contributed by atoms with E-state index in [0.717, 1.165) is 17.3 Å². The lowest BCUT2D eigenvalue weighted by molar-refractivity contribution is 0.720. The summed E-state index contributed by atoms with van der Waals surface area (Å²) in [5.74, 6) is 0.954. The van der Waals surface area contributed by atoms with E-state index in [2.05, 4.69) is 58.1 Å². The van der Waals surface area contributed by atoms with Crippen molar-refractivity contribution in [3.05, 3.63) is 95.5 Å². The maximum absolute atomic E-state index is 5.96. The van der Waals surface area contributed by atoms with E-state index in [1.807, 2.05) is 48.7 Å². The van der Waals surface area contributed by atoms with Crippen LogP contribution in [0.4, 0.5) is 0 Å². The van der Waals surface area contributed by atoms with Crippen molar-refractivity contribution in [2.75, 3.05) is 0 Å². The molecule has 0 bridgehead atoms. The van der Waals surface area contributed by atoms with Crippen molar-refractivity contribution < 1.29 is 0 Å². The van der Waals surface area contributed by atoms with E-state index < -0.39 is 0 Å². The van der Waals surface area contributed by atoms with Crippen LogP contribution < -0.4 is 0 Å². The number of halogens is 1. The highest BCUT2D eigenvalue weighted by molar-refractivity contribution is 7.99. The van der Waals surface area contributed by atoms with Crippen molar-refractivity contribution in [2.24, 2.45) is 0 Å². The van der Waals surface area contributed by atoms with Crippen LogP contribution in [0.2, 0.25) is 5.02 Å². The second kappa shape index (κ2) is 8.76. The smallest absolute Gasteiger partial charge is 0.0946 e. The first-order chi connectivity index (χ1) is 11.8. The molecule has 0 aliphatic carbocycles. The summed E-state index contributed by atoms with van der Waals surface area (Å²) in [6, 6.07) is 18.5. The van der Waals surface area contributed by atoms with Gasteiger partial charge in [-0.25, -0.2) is 4.98 Å². The average Bonchev–Trinajstić information content (AvgIpc) is 3.13. The summed E-state index contributed by atoms with van der Waals surface area (Å²) in [6.45, 7) is 0.904. The molecule has 0 N–H and O–H groups in total. The molecule has 0 fully saturated rings. The number of thioether (sulfide) groups is 1. The molecule has 1 unspecified atom stereocenters. The van der Waals surface area contributed by atoms with Gasteiger partial charge in [0.05, 0.1) is 6.33 Å². The number of rotatable bonds is 7. The highest BCUT2D eigenvalue weighted by atomic mass is 35.5. The molecular weight excluding hydrogens is 336 g/mol. The van der Waals surface area contributed by atoms with E-state index in [1.165, 1.54) is 11.1 Å². The fourth-order valence-electron chi connectivity index (χ4n) is 2.34. The minimum Gasteiger partial charge on any atom is -0.336 e. The topological polar surface area (TPSA) is 17.8 Å². The number of hydrogen-bond donors (Lipinski definition) is 0. The van der Waals surface area contributed by atoms with Crippen LogP contribution in [0.25, 0.3) is 6.08 Å². The molecule has 4 heteroatoms. The fourth-order valence-corrected chi connectivity index (χ4v) is 3.53. The van der Waals surface area contributed by atoms with E-state index in [1.54, 1.807) is 0 Å². The summed E-state index contributed by atoms with van der Waals surface area (Å²) in [5, 5.41) is 1.15. The normalized spacial score (nSPS) is 12.5. The molecule has 0 amide bonds. The number of nitrogens with zero attached hydrogens (tertiary/aromatic N) is 2. The Morgan fingerprint density at radius 3 is 2.58 bits per heavy atom. The average molecular weight is 355 g/mol. The highest BCUT2D eigenvalue weighted by Gasteiger charge is 2.07. The van der Waals surface area contributed by atoms with Crippen LogP contribution in [0.3, 0.4) is 0 Å². The molecule has 1 aromatic heterocycles. The summed E-state index contributed by atoms with van der Waals surface area (Å²) in [4.78, 5) is 4.14. The van der Waals surface area contributed by atoms with Crippen molar-refractivity contribution in [3.8, 4) is 0 Å². The third-order valence-electron chi connectivity index (χ3n) is 3.63. The molecule has 3 rings (SSSR count). The molecular formula is C20H19ClN2S. The Morgan fingerprint density at radius 2 is 1.88 bits per heavy atom. The maximum Gasteiger partial charge on any atom is 0.0946 e. The summed E-state index contributed by atoms with van der Waals surface area (Å²) in [6.07, 6.45) is 10.2. The second-order valence-corrected chi connectivity index (χ2v) is 7.17. The largest absolute Gasteiger partial charge is 0.336 e. The first-order valence-electron chi connectivity index (χ1n) is 7.84. The molecule has 1 atom stereocenters. The molecule has 0 saturated carbocycles. The quantitative estimate of drug-likeness (QED) is 0.553. The molecule has 24 heavy (non-hydrogen) atoms. The first kappa shape index (κ1) is 16.9. The second-order valence-electron chi connectivity index (χ2n) is 5.51. The van der Waals surface area contributed by atoms with Crippen molar-refractivity contribution in [2.45, 2.75) is 17.5 Å². The molecule has 122 valence electrons. The summed E-state index contributed by atoms with van der Waals surface area (Å²) in [7, 11) is 0. The molecule has 0 spiro atoms. The van der Waals surface area contributed by atoms with Crippen LogP contribution in [0.5, 0.6) is 0 Å². The van der Waals surface area contributed by atoms with Crippen LogP contribution in [-0.2, 0) is 12.3 Å². The third kappa shape index (κ3) is 5.29. The van der Waals surface area contributed by atoms with Gasteiger partial charge in [0.15, 0.2) is 0 Å². The van der Waals surface area contributed by atoms with Gasteiger partial charge in [-0.1, -0.05) is 66.2 Å². The van der Waals surface area contributed by atoms with Gasteiger partial charge in [0.25, 0.3) is 0 Å². The van der Waals surface area contributed by atoms with Crippen LogP contribution in [0, 0.1) is 0 Å². The summed E-state index contributed by atoms with van der Waals surface area (Å²) in [5.41, 5.74) is 2.51. The van der Waals surface area contributed by atoms with Gasteiger partial charge in [-0.2, -0.15) is 0 Å². The maximum atomic E-state index is 5.96. The van der Waals surface area contributed by atoms with Crippen LogP contribution in [0.15, 0.2) is 79.4 Å². The van der Waals surface area contributed by atoms with Gasteiger partial charge < -0.3 is 4.57 Å². The molecule has 1 heterocycles. The van der Waals surface area contributed by atoms with E-state index in [9.17, 15) is 0 Å². The van der Waals surface area contributed by atoms with Crippen molar-refractivity contribution in [3.63, 3.8) is 0 Å². The molecule has 0 aliphatic rings. The Balaban J connectivity index is 1.67. The zero-order chi connectivity index (χ0) is 16.6. The standard InChI is InChI=1S/C20H19ClN2S/c21-19-9-6-18(7-10-19)15-24-20(14-23-13-12-22-16-23)11-8-17-4-2-1-3-5-17/h1-13,16,20H,14-15H2. The van der Waals surface area contributed by atoms with Gasteiger partial charge in [-0.15, -0.1) is 11.8 Å². The summed E-state index contributed by atoms with van der Waals surface area (Å²) >= 11 is 7.88. The minimum atomic E-state index is 0.370. The van der Waals surface area contributed by atoms with Gasteiger partial charge in [0.2, 0.25) is 0 Å². The molecule has 0 saturated heterocycles. The van der Waals surface area contributed by atoms with Gasteiger partial charge in [0.1, 0.15) is 0 Å². The summed E-state index contributed by atoms with van der Waals surface area (Å²) < 4.78 is 2.12. The van der Waals surface area contributed by atoms with Gasteiger partial charge in [-0.3, -0.25) is 0 Å². The first-order valence-corrected chi connectivity index (χ1v) is 9.27. The third-order valence-corrected chi connectivity index (χ3v) is 5.12. The Morgan fingerprint density at radius 1 is 1.08 bits per heavy atom. The monoisotopic (exact) mass is 354 g/mol. The molecule has 3 aromatic rings.